The van der Waals surface area contributed by atoms with E-state index >= 15 is 4.39 Å². The number of anilines is 1. The van der Waals surface area contributed by atoms with Gasteiger partial charge in [0.1, 0.15) is 16.8 Å². The molecule has 0 bridgehead atoms. The number of pyridine rings is 1. The molecular weight excluding hydrogens is 501 g/mol. The lowest BCUT2D eigenvalue weighted by molar-refractivity contribution is 0.196. The Kier molecular flexibility index (Phi) is 13.8. The summed E-state index contributed by atoms with van der Waals surface area (Å²) in [6, 6.07) is 6.98. The van der Waals surface area contributed by atoms with Gasteiger partial charge >= 0.3 is 0 Å². The third-order valence-electron chi connectivity index (χ3n) is 6.52. The highest BCUT2D eigenvalue weighted by atomic mass is 35.5. The molecule has 3 rings (SSSR count). The second-order valence-electron chi connectivity index (χ2n) is 9.06. The summed E-state index contributed by atoms with van der Waals surface area (Å²) < 4.78 is 20.5. The maximum absolute atomic E-state index is 15.1. The summed E-state index contributed by atoms with van der Waals surface area (Å²) in [5.74, 6) is 0.466. The van der Waals surface area contributed by atoms with Crippen molar-refractivity contribution >= 4 is 23.1 Å². The summed E-state index contributed by atoms with van der Waals surface area (Å²) in [6.45, 7) is 19.8. The number of hydrazone groups is 1. The fraction of sp³-hybridized carbons (Fsp3) is 0.400. The Bertz CT molecular complexity index is 1130. The predicted molar refractivity (Wildman–Crippen MR) is 159 cm³/mol. The van der Waals surface area contributed by atoms with Crippen molar-refractivity contribution in [2.75, 3.05) is 38.9 Å². The number of ether oxygens (including phenoxy) is 1. The zero-order chi connectivity index (χ0) is 29.0. The average Bonchev–Trinajstić information content (AvgIpc) is 3.33. The molecule has 8 heteroatoms. The molecule has 1 aliphatic heterocycles. The van der Waals surface area contributed by atoms with Crippen LogP contribution in [0.2, 0.25) is 5.15 Å². The fourth-order valence-corrected chi connectivity index (χ4v) is 4.83. The minimum absolute atomic E-state index is 0.144. The monoisotopic (exact) mass is 541 g/mol. The quantitative estimate of drug-likeness (QED) is 0.167. The van der Waals surface area contributed by atoms with Gasteiger partial charge in [0.25, 0.3) is 0 Å². The molecule has 38 heavy (non-hydrogen) atoms. The molecule has 0 spiro atoms. The number of hydrogen-bond donors (Lipinski definition) is 1. The Morgan fingerprint density at radius 2 is 1.79 bits per heavy atom. The summed E-state index contributed by atoms with van der Waals surface area (Å²) in [6.07, 6.45) is 8.62. The van der Waals surface area contributed by atoms with E-state index in [0.717, 1.165) is 39.5 Å². The van der Waals surface area contributed by atoms with Crippen molar-refractivity contribution in [3.8, 4) is 12.8 Å². The van der Waals surface area contributed by atoms with Crippen LogP contribution in [0.3, 0.4) is 0 Å². The van der Waals surface area contributed by atoms with Gasteiger partial charge in [0.05, 0.1) is 25.0 Å². The minimum Gasteiger partial charge on any atom is -0.383 e. The van der Waals surface area contributed by atoms with Gasteiger partial charge < -0.3 is 9.64 Å². The summed E-state index contributed by atoms with van der Waals surface area (Å²) in [7, 11) is 3.71. The van der Waals surface area contributed by atoms with Gasteiger partial charge in [-0.2, -0.15) is 5.10 Å². The summed E-state index contributed by atoms with van der Waals surface area (Å²) in [5.41, 5.74) is 8.55. The van der Waals surface area contributed by atoms with Crippen molar-refractivity contribution in [3.05, 3.63) is 82.9 Å². The molecule has 6 nitrogen and oxygen atoms in total. The molecule has 2 heterocycles. The fourth-order valence-electron chi connectivity index (χ4n) is 4.68. The average molecular weight is 542 g/mol. The number of likely N-dealkylation sites (N-methyl/N-ethyl adjacent to an activating group) is 1. The maximum atomic E-state index is 15.1. The first-order chi connectivity index (χ1) is 18.1. The van der Waals surface area contributed by atoms with Gasteiger partial charge in [-0.25, -0.2) is 9.37 Å². The van der Waals surface area contributed by atoms with E-state index in [0.29, 0.717) is 31.4 Å². The van der Waals surface area contributed by atoms with Crippen LogP contribution in [0.1, 0.15) is 41.5 Å². The molecule has 2 aromatic rings. The second kappa shape index (κ2) is 15.9. The van der Waals surface area contributed by atoms with Crippen LogP contribution in [0.4, 0.5) is 10.2 Å². The largest absolute Gasteiger partial charge is 0.383 e. The van der Waals surface area contributed by atoms with Crippen molar-refractivity contribution in [2.45, 2.75) is 46.1 Å². The highest BCUT2D eigenvalue weighted by Gasteiger charge is 2.34. The van der Waals surface area contributed by atoms with E-state index in [1.807, 2.05) is 40.0 Å². The van der Waals surface area contributed by atoms with Crippen molar-refractivity contribution < 1.29 is 9.13 Å². The Balaban J connectivity index is 0.00000172. The Hall–Kier alpha value is -3.18. The first-order valence-corrected chi connectivity index (χ1v) is 12.7. The number of allylic oxidation sites excluding steroid dienone is 1. The van der Waals surface area contributed by atoms with E-state index in [-0.39, 0.29) is 17.8 Å². The Morgan fingerprint density at radius 3 is 2.37 bits per heavy atom. The highest BCUT2D eigenvalue weighted by molar-refractivity contribution is 6.29. The van der Waals surface area contributed by atoms with Crippen molar-refractivity contribution in [2.24, 2.45) is 5.10 Å². The lowest BCUT2D eigenvalue weighted by Crippen LogP contribution is -2.48. The van der Waals surface area contributed by atoms with E-state index in [1.54, 1.807) is 19.2 Å². The molecule has 0 aliphatic carbocycles. The van der Waals surface area contributed by atoms with Gasteiger partial charge in [-0.05, 0) is 62.2 Å². The molecule has 0 saturated heterocycles. The van der Waals surface area contributed by atoms with Crippen molar-refractivity contribution in [1.29, 1.82) is 0 Å². The third-order valence-corrected chi connectivity index (χ3v) is 6.74. The lowest BCUT2D eigenvalue weighted by Gasteiger charge is -2.38. The van der Waals surface area contributed by atoms with Crippen molar-refractivity contribution in [1.82, 2.24) is 15.3 Å². The number of rotatable bonds is 10. The molecule has 2 atom stereocenters. The van der Waals surface area contributed by atoms with Gasteiger partial charge in [-0.3, -0.25) is 10.3 Å². The van der Waals surface area contributed by atoms with E-state index in [9.17, 15) is 0 Å². The normalized spacial score (nSPS) is 13.9. The zero-order valence-electron chi connectivity index (χ0n) is 23.5. The lowest BCUT2D eigenvalue weighted by atomic mass is 9.84. The van der Waals surface area contributed by atoms with Gasteiger partial charge in [-0.1, -0.05) is 37.2 Å². The van der Waals surface area contributed by atoms with Crippen LogP contribution in [-0.4, -0.2) is 55.6 Å². The van der Waals surface area contributed by atoms with Gasteiger partial charge in [0.2, 0.25) is 0 Å². The number of aromatic nitrogens is 1. The molecule has 0 amide bonds. The molecule has 206 valence electrons. The van der Waals surface area contributed by atoms with E-state index < -0.39 is 0 Å². The first-order valence-electron chi connectivity index (χ1n) is 12.3. The van der Waals surface area contributed by atoms with E-state index in [1.165, 1.54) is 0 Å². The molecule has 2 unspecified atom stereocenters. The van der Waals surface area contributed by atoms with Gasteiger partial charge in [0, 0.05) is 31.7 Å². The molecule has 1 aromatic carbocycles. The van der Waals surface area contributed by atoms with Crippen molar-refractivity contribution in [3.63, 3.8) is 0 Å². The number of methoxy groups -OCH3 is 1. The summed E-state index contributed by atoms with van der Waals surface area (Å²) in [5, 5.41) is 5.00. The number of benzene rings is 1. The number of nitrogens with one attached hydrogen (secondary N) is 1. The van der Waals surface area contributed by atoms with E-state index in [4.69, 9.17) is 16.3 Å². The number of terminal acetylenes is 1. The molecular formula is C30H41ClFN5O. The summed E-state index contributed by atoms with van der Waals surface area (Å²) >= 11 is 6.23. The third kappa shape index (κ3) is 8.16. The molecule has 1 aliphatic rings. The van der Waals surface area contributed by atoms with Crippen LogP contribution in [-0.2, 0) is 4.74 Å². The standard InChI is InChI=1S/C26H35ClFN5O.C2H4.C2H2/c1-16-8-10-21(28)24(19(16)4)20(5)25(22-14-18(3)30-31-22)32(6)15-33(12-13-34-7)26-17(2)9-11-23(27)29-26;2*1-2/h8-11,20,25,30H,3,12-15H2,1-2,4-7H3;1-2H2;1-2H. The molecule has 0 saturated carbocycles. The van der Waals surface area contributed by atoms with E-state index in [2.05, 4.69) is 64.8 Å². The van der Waals surface area contributed by atoms with Gasteiger partial charge in [0.15, 0.2) is 0 Å². The Labute approximate surface area is 233 Å². The molecule has 0 radical (unpaired) electrons. The second-order valence-corrected chi connectivity index (χ2v) is 9.45. The van der Waals surface area contributed by atoms with Crippen LogP contribution in [0.5, 0.6) is 0 Å². The topological polar surface area (TPSA) is 53.0 Å². The molecule has 1 aromatic heterocycles. The van der Waals surface area contributed by atoms with Crippen LogP contribution < -0.4 is 10.3 Å². The molecule has 0 fully saturated rings. The number of hydrogen-bond acceptors (Lipinski definition) is 6. The first kappa shape index (κ1) is 32.8. The number of aryl methyl sites for hydroxylation is 2. The van der Waals surface area contributed by atoms with Crippen LogP contribution in [0, 0.1) is 39.4 Å². The number of nitrogens with zero attached hydrogens (tertiary/aromatic N) is 4. The van der Waals surface area contributed by atoms with Crippen LogP contribution >= 0.6 is 11.6 Å². The highest BCUT2D eigenvalue weighted by Crippen LogP contribution is 2.33. The smallest absolute Gasteiger partial charge is 0.134 e. The maximum Gasteiger partial charge on any atom is 0.134 e. The van der Waals surface area contributed by atoms with Crippen LogP contribution in [0.15, 0.2) is 54.8 Å². The summed E-state index contributed by atoms with van der Waals surface area (Å²) in [4.78, 5) is 8.92. The SMILES string of the molecule is C#C.C=C.C=C1CC(C(C(C)c2c(F)ccc(C)c2C)N(C)CN(CCOC)c2nc(Cl)ccc2C)=NN1. The number of halogens is 2. The van der Waals surface area contributed by atoms with Gasteiger partial charge in [-0.15, -0.1) is 26.0 Å². The predicted octanol–water partition coefficient (Wildman–Crippen LogP) is 6.23. The van der Waals surface area contributed by atoms with Crippen LogP contribution in [0.25, 0.3) is 0 Å². The molecule has 1 N–H and O–H groups in total. The Morgan fingerprint density at radius 1 is 1.16 bits per heavy atom. The zero-order valence-corrected chi connectivity index (χ0v) is 24.3. The minimum atomic E-state index is -0.192.